The van der Waals surface area contributed by atoms with Crippen molar-refractivity contribution in [3.05, 3.63) is 99.6 Å². The van der Waals surface area contributed by atoms with Crippen molar-refractivity contribution in [3.63, 3.8) is 0 Å². The lowest BCUT2D eigenvalue weighted by Gasteiger charge is -2.29. The number of fused-ring (bicyclic) bond motifs is 1. The summed E-state index contributed by atoms with van der Waals surface area (Å²) in [5.74, 6) is 1.24. The largest absolute Gasteiger partial charge is 0.298 e. The minimum Gasteiger partial charge on any atom is -0.298 e. The molecule has 0 spiro atoms. The summed E-state index contributed by atoms with van der Waals surface area (Å²) in [7, 11) is 2.23. The van der Waals surface area contributed by atoms with Crippen LogP contribution in [0.25, 0.3) is 11.3 Å². The maximum atomic E-state index is 2.52. The number of nitrogens with zero attached hydrogens (tertiary/aromatic N) is 3. The van der Waals surface area contributed by atoms with Gasteiger partial charge in [0.1, 0.15) is 5.69 Å². The molecule has 5 rings (SSSR count). The van der Waals surface area contributed by atoms with E-state index in [1.54, 1.807) is 0 Å². The zero-order valence-corrected chi connectivity index (χ0v) is 23.2. The summed E-state index contributed by atoms with van der Waals surface area (Å²) in [6.07, 6.45) is 0.128. The van der Waals surface area contributed by atoms with E-state index in [1.807, 2.05) is 0 Å². The predicted molar refractivity (Wildman–Crippen MR) is 153 cm³/mol. The molecule has 0 bridgehead atoms. The Morgan fingerprint density at radius 3 is 1.78 bits per heavy atom. The van der Waals surface area contributed by atoms with Crippen LogP contribution < -0.4 is 14.4 Å². The highest BCUT2D eigenvalue weighted by atomic mass is 15.4. The maximum Gasteiger partial charge on any atom is 0.286 e. The van der Waals surface area contributed by atoms with Crippen molar-refractivity contribution in [2.45, 2.75) is 61.6 Å². The van der Waals surface area contributed by atoms with E-state index in [0.29, 0.717) is 0 Å². The molecule has 1 aliphatic heterocycles. The lowest BCUT2D eigenvalue weighted by molar-refractivity contribution is -0.648. The number of pyridine rings is 1. The number of benzene rings is 3. The molecule has 1 aliphatic rings. The second-order valence-electron chi connectivity index (χ2n) is 10.6. The van der Waals surface area contributed by atoms with Crippen LogP contribution in [0.4, 0.5) is 22.9 Å². The molecule has 4 aromatic rings. The first-order valence-electron chi connectivity index (χ1n) is 12.9. The van der Waals surface area contributed by atoms with E-state index in [1.165, 1.54) is 73.1 Å². The number of aryl methyl sites for hydroxylation is 7. The molecular formula is C33H38N3+. The van der Waals surface area contributed by atoms with Gasteiger partial charge in [-0.1, -0.05) is 36.4 Å². The minimum absolute atomic E-state index is 0.128. The molecule has 3 heteroatoms. The van der Waals surface area contributed by atoms with Crippen molar-refractivity contribution in [1.82, 2.24) is 0 Å². The first-order valence-corrected chi connectivity index (χ1v) is 12.9. The second-order valence-corrected chi connectivity index (χ2v) is 10.6. The van der Waals surface area contributed by atoms with Gasteiger partial charge in [-0.2, -0.15) is 0 Å². The first-order chi connectivity index (χ1) is 17.1. The summed E-state index contributed by atoms with van der Waals surface area (Å²) in [5, 5.41) is 0. The molecule has 0 aliphatic carbocycles. The summed E-state index contributed by atoms with van der Waals surface area (Å²) in [4.78, 5) is 5.04. The van der Waals surface area contributed by atoms with Crippen LogP contribution in [0.15, 0.2) is 60.7 Å². The van der Waals surface area contributed by atoms with Crippen LogP contribution in [0.5, 0.6) is 0 Å². The van der Waals surface area contributed by atoms with E-state index < -0.39 is 0 Å². The Bertz CT molecular complexity index is 1480. The number of hydrogen-bond donors (Lipinski definition) is 0. The molecule has 3 nitrogen and oxygen atoms in total. The molecule has 2 heterocycles. The van der Waals surface area contributed by atoms with E-state index in [4.69, 9.17) is 0 Å². The zero-order chi connectivity index (χ0) is 25.9. The Balaban J connectivity index is 1.76. The van der Waals surface area contributed by atoms with Crippen LogP contribution in [-0.4, -0.2) is 6.17 Å². The Kier molecular flexibility index (Phi) is 5.90. The Morgan fingerprint density at radius 1 is 0.583 bits per heavy atom. The van der Waals surface area contributed by atoms with Crippen molar-refractivity contribution in [3.8, 4) is 11.3 Å². The highest BCUT2D eigenvalue weighted by Gasteiger charge is 2.43. The van der Waals surface area contributed by atoms with Gasteiger partial charge in [0, 0.05) is 11.1 Å². The fraction of sp³-hybridized carbons (Fsp3) is 0.303. The SMILES string of the molecule is Cc1cc(C)c(-c2c(C)cc(C)c(N3c4ccccc4N(c4c(C)cccc4C)[C@H]3C)[n+]2C)cc1C. The van der Waals surface area contributed by atoms with Crippen LogP contribution in [0.3, 0.4) is 0 Å². The fourth-order valence-electron chi connectivity index (χ4n) is 6.23. The summed E-state index contributed by atoms with van der Waals surface area (Å²) in [6, 6.07) is 22.5. The van der Waals surface area contributed by atoms with Gasteiger partial charge in [-0.3, -0.25) is 4.90 Å². The molecule has 0 saturated carbocycles. The Hall–Kier alpha value is -3.59. The average Bonchev–Trinajstić information content (AvgIpc) is 3.09. The molecule has 0 fully saturated rings. The van der Waals surface area contributed by atoms with Gasteiger partial charge in [0.25, 0.3) is 5.82 Å². The number of anilines is 4. The quantitative estimate of drug-likeness (QED) is 0.278. The van der Waals surface area contributed by atoms with E-state index in [0.717, 1.165) is 0 Å². The van der Waals surface area contributed by atoms with Gasteiger partial charge in [0.05, 0.1) is 18.4 Å². The smallest absolute Gasteiger partial charge is 0.286 e. The van der Waals surface area contributed by atoms with E-state index >= 15 is 0 Å². The van der Waals surface area contributed by atoms with Crippen LogP contribution >= 0.6 is 0 Å². The highest BCUT2D eigenvalue weighted by molar-refractivity contribution is 5.89. The molecule has 36 heavy (non-hydrogen) atoms. The molecule has 184 valence electrons. The van der Waals surface area contributed by atoms with Crippen molar-refractivity contribution >= 4 is 22.9 Å². The van der Waals surface area contributed by atoms with Gasteiger partial charge in [-0.15, -0.1) is 0 Å². The summed E-state index contributed by atoms with van der Waals surface area (Å²) in [5.41, 5.74) is 15.6. The second kappa shape index (κ2) is 8.81. The van der Waals surface area contributed by atoms with Crippen LogP contribution in [0.1, 0.15) is 45.9 Å². The average molecular weight is 477 g/mol. The lowest BCUT2D eigenvalue weighted by Crippen LogP contribution is -2.45. The molecule has 0 amide bonds. The Morgan fingerprint density at radius 2 is 1.14 bits per heavy atom. The number of para-hydroxylation sites is 3. The minimum atomic E-state index is 0.128. The monoisotopic (exact) mass is 476 g/mol. The molecule has 0 N–H and O–H groups in total. The van der Waals surface area contributed by atoms with Crippen molar-refractivity contribution in [1.29, 1.82) is 0 Å². The Labute approximate surface area is 216 Å². The third-order valence-corrected chi connectivity index (χ3v) is 7.96. The molecule has 0 saturated heterocycles. The van der Waals surface area contributed by atoms with Gasteiger partial charge in [-0.25, -0.2) is 9.47 Å². The number of hydrogen-bond acceptors (Lipinski definition) is 2. The summed E-state index contributed by atoms with van der Waals surface area (Å²) < 4.78 is 2.42. The van der Waals surface area contributed by atoms with Crippen LogP contribution in [-0.2, 0) is 7.05 Å². The third kappa shape index (κ3) is 3.61. The predicted octanol–water partition coefficient (Wildman–Crippen LogP) is 7.97. The molecule has 1 aromatic heterocycles. The first kappa shape index (κ1) is 24.1. The summed E-state index contributed by atoms with van der Waals surface area (Å²) >= 11 is 0. The highest BCUT2D eigenvalue weighted by Crippen LogP contribution is 2.49. The van der Waals surface area contributed by atoms with Crippen LogP contribution in [0.2, 0.25) is 0 Å². The lowest BCUT2D eigenvalue weighted by atomic mass is 9.95. The molecule has 1 atom stereocenters. The molecular weight excluding hydrogens is 438 g/mol. The fourth-order valence-corrected chi connectivity index (χ4v) is 6.23. The van der Waals surface area contributed by atoms with E-state index in [9.17, 15) is 0 Å². The van der Waals surface area contributed by atoms with Crippen molar-refractivity contribution in [2.24, 2.45) is 7.05 Å². The molecule has 3 aromatic carbocycles. The van der Waals surface area contributed by atoms with Gasteiger partial charge < -0.3 is 0 Å². The number of aromatic nitrogens is 1. The van der Waals surface area contributed by atoms with Gasteiger partial charge >= 0.3 is 0 Å². The number of rotatable bonds is 3. The molecule has 0 radical (unpaired) electrons. The topological polar surface area (TPSA) is 10.4 Å². The van der Waals surface area contributed by atoms with E-state index in [2.05, 4.69) is 137 Å². The van der Waals surface area contributed by atoms with Crippen molar-refractivity contribution in [2.75, 3.05) is 9.80 Å². The van der Waals surface area contributed by atoms with Gasteiger partial charge in [-0.05, 0) is 113 Å². The van der Waals surface area contributed by atoms with E-state index in [-0.39, 0.29) is 6.17 Å². The maximum absolute atomic E-state index is 2.52. The molecule has 0 unspecified atom stereocenters. The zero-order valence-electron chi connectivity index (χ0n) is 23.2. The van der Waals surface area contributed by atoms with Gasteiger partial charge in [0.15, 0.2) is 11.9 Å². The normalized spacial score (nSPS) is 15.0. The summed E-state index contributed by atoms with van der Waals surface area (Å²) in [6.45, 7) is 17.9. The van der Waals surface area contributed by atoms with Crippen LogP contribution in [0, 0.1) is 48.5 Å². The van der Waals surface area contributed by atoms with Crippen molar-refractivity contribution < 1.29 is 4.57 Å². The van der Waals surface area contributed by atoms with Gasteiger partial charge in [0.2, 0.25) is 0 Å². The third-order valence-electron chi connectivity index (χ3n) is 7.96. The standard InChI is InChI=1S/C33H38N3/c1-20-13-12-14-21(2)31(20)35-27(8)36(30-16-11-10-15-29(30)35)33-26(7)18-25(6)32(34(33)9)28-19-23(4)22(3)17-24(28)5/h10-19,27H,1-9H3/q+1/t27-/m1/s1.